The van der Waals surface area contributed by atoms with Gasteiger partial charge in [-0.3, -0.25) is 4.79 Å². The molecule has 0 bridgehead atoms. The molecular formula is C19H24N2O. The summed E-state index contributed by atoms with van der Waals surface area (Å²) in [5.74, 6) is 0.169. The summed E-state index contributed by atoms with van der Waals surface area (Å²) in [7, 11) is 0. The predicted molar refractivity (Wildman–Crippen MR) is 89.5 cm³/mol. The smallest absolute Gasteiger partial charge is 0.254 e. The molecule has 1 fully saturated rings. The number of rotatable bonds is 4. The maximum atomic E-state index is 12.9. The molecule has 2 aromatic rings. The van der Waals surface area contributed by atoms with E-state index in [4.69, 9.17) is 0 Å². The summed E-state index contributed by atoms with van der Waals surface area (Å²) in [5, 5.41) is 0. The third kappa shape index (κ3) is 2.80. The monoisotopic (exact) mass is 296 g/mol. The van der Waals surface area contributed by atoms with Crippen molar-refractivity contribution in [3.63, 3.8) is 0 Å². The molecule has 0 saturated heterocycles. The lowest BCUT2D eigenvalue weighted by atomic mass is 10.1. The largest absolute Gasteiger partial charge is 0.336 e. The molecule has 0 unspecified atom stereocenters. The Balaban J connectivity index is 1.90. The second kappa shape index (κ2) is 6.39. The summed E-state index contributed by atoms with van der Waals surface area (Å²) in [5.41, 5.74) is 3.05. The normalized spacial score (nSPS) is 15.2. The Morgan fingerprint density at radius 3 is 2.55 bits per heavy atom. The lowest BCUT2D eigenvalue weighted by Gasteiger charge is -2.28. The van der Waals surface area contributed by atoms with Gasteiger partial charge in [0.2, 0.25) is 0 Å². The molecule has 0 radical (unpaired) electrons. The van der Waals surface area contributed by atoms with E-state index < -0.39 is 0 Å². The van der Waals surface area contributed by atoms with E-state index in [-0.39, 0.29) is 5.91 Å². The van der Waals surface area contributed by atoms with Crippen molar-refractivity contribution in [2.75, 3.05) is 6.54 Å². The number of nitrogens with zero attached hydrogens (tertiary/aromatic N) is 2. The fourth-order valence-electron chi connectivity index (χ4n) is 3.47. The summed E-state index contributed by atoms with van der Waals surface area (Å²) in [6.45, 7) is 4.95. The fourth-order valence-corrected chi connectivity index (χ4v) is 3.47. The minimum absolute atomic E-state index is 0.169. The Kier molecular flexibility index (Phi) is 4.32. The summed E-state index contributed by atoms with van der Waals surface area (Å²) < 4.78 is 2.07. The SMILES string of the molecule is CCN(C(=O)c1ccc(C)c(-n2cccc2)c1)C1CCCC1. The second-order valence-electron chi connectivity index (χ2n) is 6.12. The molecule has 1 aromatic carbocycles. The van der Waals surface area contributed by atoms with Gasteiger partial charge < -0.3 is 9.47 Å². The number of carbonyl (C=O) groups excluding carboxylic acids is 1. The average molecular weight is 296 g/mol. The minimum atomic E-state index is 0.169. The van der Waals surface area contributed by atoms with E-state index in [0.29, 0.717) is 6.04 Å². The first-order chi connectivity index (χ1) is 10.7. The van der Waals surface area contributed by atoms with E-state index >= 15 is 0 Å². The summed E-state index contributed by atoms with van der Waals surface area (Å²) >= 11 is 0. The first-order valence-electron chi connectivity index (χ1n) is 8.25. The molecule has 116 valence electrons. The van der Waals surface area contributed by atoms with Crippen LogP contribution in [0.1, 0.15) is 48.5 Å². The van der Waals surface area contributed by atoms with E-state index in [0.717, 1.165) is 30.6 Å². The Morgan fingerprint density at radius 2 is 1.91 bits per heavy atom. The Hall–Kier alpha value is -2.03. The first kappa shape index (κ1) is 14.9. The van der Waals surface area contributed by atoms with Crippen LogP contribution in [-0.2, 0) is 0 Å². The molecular weight excluding hydrogens is 272 g/mol. The Bertz CT molecular complexity index is 639. The molecule has 1 amide bonds. The van der Waals surface area contributed by atoms with Gasteiger partial charge >= 0.3 is 0 Å². The van der Waals surface area contributed by atoms with Gasteiger partial charge in [0.25, 0.3) is 5.91 Å². The molecule has 0 aliphatic heterocycles. The van der Waals surface area contributed by atoms with Crippen molar-refractivity contribution in [3.05, 3.63) is 53.9 Å². The molecule has 0 spiro atoms. The van der Waals surface area contributed by atoms with Crippen LogP contribution in [0.4, 0.5) is 0 Å². The zero-order chi connectivity index (χ0) is 15.5. The van der Waals surface area contributed by atoms with Crippen LogP contribution < -0.4 is 0 Å². The van der Waals surface area contributed by atoms with Gasteiger partial charge in [-0.25, -0.2) is 0 Å². The average Bonchev–Trinajstić information content (AvgIpc) is 3.22. The zero-order valence-electron chi connectivity index (χ0n) is 13.5. The number of aromatic nitrogens is 1. The Morgan fingerprint density at radius 1 is 1.23 bits per heavy atom. The third-order valence-electron chi connectivity index (χ3n) is 4.71. The van der Waals surface area contributed by atoms with Crippen LogP contribution in [0.5, 0.6) is 0 Å². The van der Waals surface area contributed by atoms with Crippen molar-refractivity contribution in [1.82, 2.24) is 9.47 Å². The molecule has 22 heavy (non-hydrogen) atoms. The quantitative estimate of drug-likeness (QED) is 0.830. The summed E-state index contributed by atoms with van der Waals surface area (Å²) in [6.07, 6.45) is 8.83. The first-order valence-corrected chi connectivity index (χ1v) is 8.25. The van der Waals surface area contributed by atoms with Crippen LogP contribution in [0.15, 0.2) is 42.7 Å². The van der Waals surface area contributed by atoms with Crippen LogP contribution in [-0.4, -0.2) is 28.0 Å². The molecule has 3 nitrogen and oxygen atoms in total. The molecule has 1 aliphatic carbocycles. The highest BCUT2D eigenvalue weighted by Gasteiger charge is 2.26. The number of amides is 1. The summed E-state index contributed by atoms with van der Waals surface area (Å²) in [4.78, 5) is 15.0. The van der Waals surface area contributed by atoms with E-state index in [2.05, 4.69) is 23.3 Å². The zero-order valence-corrected chi connectivity index (χ0v) is 13.5. The van der Waals surface area contributed by atoms with Gasteiger partial charge in [-0.05, 0) is 56.5 Å². The van der Waals surface area contributed by atoms with Gasteiger partial charge in [0.1, 0.15) is 0 Å². The fraction of sp³-hybridized carbons (Fsp3) is 0.421. The number of carbonyl (C=O) groups is 1. The Labute approximate surface area is 132 Å². The van der Waals surface area contributed by atoms with Gasteiger partial charge in [0.05, 0.1) is 0 Å². The maximum absolute atomic E-state index is 12.9. The molecule has 0 N–H and O–H groups in total. The number of hydrogen-bond acceptors (Lipinski definition) is 1. The molecule has 3 rings (SSSR count). The molecule has 1 heterocycles. The maximum Gasteiger partial charge on any atom is 0.254 e. The van der Waals surface area contributed by atoms with Crippen molar-refractivity contribution in [1.29, 1.82) is 0 Å². The van der Waals surface area contributed by atoms with Crippen molar-refractivity contribution in [2.45, 2.75) is 45.6 Å². The van der Waals surface area contributed by atoms with E-state index in [1.54, 1.807) is 0 Å². The van der Waals surface area contributed by atoms with Crippen molar-refractivity contribution in [2.24, 2.45) is 0 Å². The van der Waals surface area contributed by atoms with E-state index in [1.807, 2.05) is 42.7 Å². The van der Waals surface area contributed by atoms with Crippen molar-refractivity contribution < 1.29 is 4.79 Å². The molecule has 1 aromatic heterocycles. The summed E-state index contributed by atoms with van der Waals surface area (Å²) in [6, 6.07) is 10.5. The predicted octanol–water partition coefficient (Wildman–Crippen LogP) is 4.19. The van der Waals surface area contributed by atoms with Crippen LogP contribution in [0, 0.1) is 6.92 Å². The lowest BCUT2D eigenvalue weighted by Crippen LogP contribution is -2.38. The molecule has 3 heteroatoms. The van der Waals surface area contributed by atoms with Gasteiger partial charge in [-0.15, -0.1) is 0 Å². The van der Waals surface area contributed by atoms with Gasteiger partial charge in [-0.1, -0.05) is 18.9 Å². The minimum Gasteiger partial charge on any atom is -0.336 e. The lowest BCUT2D eigenvalue weighted by molar-refractivity contribution is 0.0693. The number of hydrogen-bond donors (Lipinski definition) is 0. The van der Waals surface area contributed by atoms with E-state index in [1.165, 1.54) is 18.4 Å². The third-order valence-corrected chi connectivity index (χ3v) is 4.71. The van der Waals surface area contributed by atoms with Crippen LogP contribution in [0.25, 0.3) is 5.69 Å². The van der Waals surface area contributed by atoms with Crippen LogP contribution in [0.2, 0.25) is 0 Å². The van der Waals surface area contributed by atoms with Crippen molar-refractivity contribution >= 4 is 5.91 Å². The molecule has 1 aliphatic rings. The highest BCUT2D eigenvalue weighted by Crippen LogP contribution is 2.25. The van der Waals surface area contributed by atoms with Gasteiger partial charge in [0, 0.05) is 36.2 Å². The number of aryl methyl sites for hydroxylation is 1. The van der Waals surface area contributed by atoms with Crippen LogP contribution in [0.3, 0.4) is 0 Å². The molecule has 1 saturated carbocycles. The van der Waals surface area contributed by atoms with Crippen LogP contribution >= 0.6 is 0 Å². The van der Waals surface area contributed by atoms with Gasteiger partial charge in [-0.2, -0.15) is 0 Å². The number of benzene rings is 1. The standard InChI is InChI=1S/C19H24N2O/c1-3-21(17-8-4-5-9-17)19(22)16-11-10-15(2)18(14-16)20-12-6-7-13-20/h6-7,10-14,17H,3-5,8-9H2,1-2H3. The van der Waals surface area contributed by atoms with Crippen molar-refractivity contribution in [3.8, 4) is 5.69 Å². The molecule has 0 atom stereocenters. The van der Waals surface area contributed by atoms with E-state index in [9.17, 15) is 4.79 Å². The second-order valence-corrected chi connectivity index (χ2v) is 6.12. The highest BCUT2D eigenvalue weighted by atomic mass is 16.2. The topological polar surface area (TPSA) is 25.2 Å². The highest BCUT2D eigenvalue weighted by molar-refractivity contribution is 5.95. The van der Waals surface area contributed by atoms with Gasteiger partial charge in [0.15, 0.2) is 0 Å².